The van der Waals surface area contributed by atoms with E-state index in [2.05, 4.69) is 18.6 Å². The first-order valence-electron chi connectivity index (χ1n) is 6.32. The first kappa shape index (κ1) is 14.1. The summed E-state index contributed by atoms with van der Waals surface area (Å²) < 4.78 is 37.2. The Hall–Kier alpha value is -1.84. The van der Waals surface area contributed by atoms with Gasteiger partial charge in [-0.25, -0.2) is 13.1 Å². The molecule has 0 saturated heterocycles. The SMILES string of the molecule is CCn1cc(CNS(=O)(=O)c2cccc3nsnc23)cn1. The van der Waals surface area contributed by atoms with Gasteiger partial charge in [0, 0.05) is 24.8 Å². The summed E-state index contributed by atoms with van der Waals surface area (Å²) in [7, 11) is -3.64. The van der Waals surface area contributed by atoms with Crippen LogP contribution in [-0.2, 0) is 23.1 Å². The molecule has 0 spiro atoms. The molecule has 0 fully saturated rings. The van der Waals surface area contributed by atoms with Crippen LogP contribution in [0.5, 0.6) is 0 Å². The van der Waals surface area contributed by atoms with Crippen LogP contribution in [0.1, 0.15) is 12.5 Å². The predicted octanol–water partition coefficient (Wildman–Crippen LogP) is 1.39. The van der Waals surface area contributed by atoms with Crippen molar-refractivity contribution < 1.29 is 8.42 Å². The fourth-order valence-electron chi connectivity index (χ4n) is 1.92. The Balaban J connectivity index is 1.85. The number of hydrogen-bond donors (Lipinski definition) is 1. The van der Waals surface area contributed by atoms with Crippen molar-refractivity contribution in [1.82, 2.24) is 23.2 Å². The minimum Gasteiger partial charge on any atom is -0.273 e. The molecule has 1 aromatic carbocycles. The summed E-state index contributed by atoms with van der Waals surface area (Å²) in [6.07, 6.45) is 3.46. The molecule has 3 rings (SSSR count). The van der Waals surface area contributed by atoms with E-state index in [0.29, 0.717) is 11.0 Å². The van der Waals surface area contributed by atoms with Gasteiger partial charge in [-0.1, -0.05) is 6.07 Å². The molecule has 3 aromatic rings. The molecule has 9 heteroatoms. The zero-order valence-electron chi connectivity index (χ0n) is 11.2. The van der Waals surface area contributed by atoms with Crippen LogP contribution in [0, 0.1) is 0 Å². The Labute approximate surface area is 126 Å². The fourth-order valence-corrected chi connectivity index (χ4v) is 3.71. The van der Waals surface area contributed by atoms with Crippen molar-refractivity contribution in [3.05, 3.63) is 36.2 Å². The van der Waals surface area contributed by atoms with Gasteiger partial charge in [-0.3, -0.25) is 4.68 Å². The van der Waals surface area contributed by atoms with Crippen LogP contribution in [-0.4, -0.2) is 26.9 Å². The van der Waals surface area contributed by atoms with Gasteiger partial charge >= 0.3 is 0 Å². The molecule has 1 N–H and O–H groups in total. The van der Waals surface area contributed by atoms with E-state index < -0.39 is 10.0 Å². The molecule has 0 amide bonds. The molecule has 7 nitrogen and oxygen atoms in total. The van der Waals surface area contributed by atoms with Crippen LogP contribution in [0.15, 0.2) is 35.5 Å². The number of benzene rings is 1. The summed E-state index contributed by atoms with van der Waals surface area (Å²) in [6.45, 7) is 2.91. The molecule has 0 unspecified atom stereocenters. The molecule has 0 aliphatic rings. The number of aryl methyl sites for hydroxylation is 1. The molecule has 0 aliphatic heterocycles. The highest BCUT2D eigenvalue weighted by Crippen LogP contribution is 2.21. The second-order valence-electron chi connectivity index (χ2n) is 4.42. The Morgan fingerprint density at radius 3 is 2.95 bits per heavy atom. The van der Waals surface area contributed by atoms with Gasteiger partial charge in [-0.2, -0.15) is 13.8 Å². The molecular formula is C12H13N5O2S2. The van der Waals surface area contributed by atoms with Crippen LogP contribution in [0.3, 0.4) is 0 Å². The average molecular weight is 323 g/mol. The van der Waals surface area contributed by atoms with E-state index >= 15 is 0 Å². The van der Waals surface area contributed by atoms with Gasteiger partial charge in [0.05, 0.1) is 17.9 Å². The standard InChI is InChI=1S/C12H13N5O2S2/c1-2-17-8-9(6-13-17)7-14-21(18,19)11-5-3-4-10-12(11)16-20-15-10/h3-6,8,14H,2,7H2,1H3. The van der Waals surface area contributed by atoms with Crippen molar-refractivity contribution in [1.29, 1.82) is 0 Å². The number of rotatable bonds is 5. The lowest BCUT2D eigenvalue weighted by molar-refractivity contribution is 0.582. The monoisotopic (exact) mass is 323 g/mol. The first-order chi connectivity index (χ1) is 10.1. The van der Waals surface area contributed by atoms with Crippen molar-refractivity contribution >= 4 is 32.8 Å². The highest BCUT2D eigenvalue weighted by molar-refractivity contribution is 7.89. The minimum absolute atomic E-state index is 0.150. The van der Waals surface area contributed by atoms with Crippen LogP contribution in [0.2, 0.25) is 0 Å². The van der Waals surface area contributed by atoms with E-state index in [1.807, 2.05) is 13.1 Å². The fraction of sp³-hybridized carbons (Fsp3) is 0.250. The lowest BCUT2D eigenvalue weighted by Crippen LogP contribution is -2.23. The van der Waals surface area contributed by atoms with Crippen LogP contribution in [0.25, 0.3) is 11.0 Å². The molecule has 0 saturated carbocycles. The van der Waals surface area contributed by atoms with Gasteiger partial charge in [-0.15, -0.1) is 0 Å². The van der Waals surface area contributed by atoms with Crippen molar-refractivity contribution in [3.8, 4) is 0 Å². The highest BCUT2D eigenvalue weighted by Gasteiger charge is 2.19. The minimum atomic E-state index is -3.64. The lowest BCUT2D eigenvalue weighted by Gasteiger charge is -2.05. The molecular weight excluding hydrogens is 310 g/mol. The number of nitrogens with zero attached hydrogens (tertiary/aromatic N) is 4. The lowest BCUT2D eigenvalue weighted by atomic mass is 10.3. The van der Waals surface area contributed by atoms with E-state index in [9.17, 15) is 8.42 Å². The zero-order chi connectivity index (χ0) is 14.9. The Kier molecular flexibility index (Phi) is 3.70. The first-order valence-corrected chi connectivity index (χ1v) is 8.54. The summed E-state index contributed by atoms with van der Waals surface area (Å²) in [5.41, 5.74) is 1.80. The largest absolute Gasteiger partial charge is 0.273 e. The van der Waals surface area contributed by atoms with Gasteiger partial charge in [-0.05, 0) is 19.1 Å². The van der Waals surface area contributed by atoms with Crippen molar-refractivity contribution in [3.63, 3.8) is 0 Å². The third kappa shape index (κ3) is 2.80. The van der Waals surface area contributed by atoms with Gasteiger partial charge < -0.3 is 0 Å². The second kappa shape index (κ2) is 5.51. The molecule has 0 aliphatic carbocycles. The van der Waals surface area contributed by atoms with Gasteiger partial charge in [0.15, 0.2) is 0 Å². The van der Waals surface area contributed by atoms with E-state index in [-0.39, 0.29) is 11.4 Å². The van der Waals surface area contributed by atoms with E-state index in [1.54, 1.807) is 23.0 Å². The average Bonchev–Trinajstić information content (AvgIpc) is 3.13. The second-order valence-corrected chi connectivity index (χ2v) is 6.68. The number of aromatic nitrogens is 4. The highest BCUT2D eigenvalue weighted by atomic mass is 32.2. The van der Waals surface area contributed by atoms with Crippen LogP contribution < -0.4 is 4.72 Å². The van der Waals surface area contributed by atoms with E-state index in [1.165, 1.54) is 6.07 Å². The maximum atomic E-state index is 12.4. The molecule has 2 aromatic heterocycles. The summed E-state index contributed by atoms with van der Waals surface area (Å²) in [5.74, 6) is 0. The van der Waals surface area contributed by atoms with Gasteiger partial charge in [0.1, 0.15) is 15.9 Å². The Bertz CT molecular complexity index is 869. The number of fused-ring (bicyclic) bond motifs is 1. The maximum absolute atomic E-state index is 12.4. The molecule has 0 bridgehead atoms. The summed E-state index contributed by atoms with van der Waals surface area (Å²) in [5, 5.41) is 4.11. The molecule has 110 valence electrons. The third-order valence-electron chi connectivity index (χ3n) is 3.02. The molecule has 2 heterocycles. The molecule has 0 atom stereocenters. The molecule has 0 radical (unpaired) electrons. The summed E-state index contributed by atoms with van der Waals surface area (Å²) in [4.78, 5) is 0.150. The van der Waals surface area contributed by atoms with Crippen LogP contribution in [0.4, 0.5) is 0 Å². The van der Waals surface area contributed by atoms with E-state index in [4.69, 9.17) is 0 Å². The third-order valence-corrected chi connectivity index (χ3v) is 4.99. The normalized spacial score (nSPS) is 12.0. The Morgan fingerprint density at radius 2 is 2.19 bits per heavy atom. The van der Waals surface area contributed by atoms with Crippen LogP contribution >= 0.6 is 11.7 Å². The summed E-state index contributed by atoms with van der Waals surface area (Å²) >= 11 is 0.998. The smallest absolute Gasteiger partial charge is 0.243 e. The Morgan fingerprint density at radius 1 is 1.33 bits per heavy atom. The van der Waals surface area contributed by atoms with Crippen molar-refractivity contribution in [2.24, 2.45) is 0 Å². The quantitative estimate of drug-likeness (QED) is 0.766. The number of hydrogen-bond acceptors (Lipinski definition) is 6. The van der Waals surface area contributed by atoms with Gasteiger partial charge in [0.2, 0.25) is 10.0 Å². The number of nitrogens with one attached hydrogen (secondary N) is 1. The van der Waals surface area contributed by atoms with Gasteiger partial charge in [0.25, 0.3) is 0 Å². The van der Waals surface area contributed by atoms with Crippen molar-refractivity contribution in [2.45, 2.75) is 24.9 Å². The molecule has 21 heavy (non-hydrogen) atoms. The van der Waals surface area contributed by atoms with E-state index in [0.717, 1.165) is 23.8 Å². The maximum Gasteiger partial charge on any atom is 0.243 e. The van der Waals surface area contributed by atoms with Crippen molar-refractivity contribution in [2.75, 3.05) is 0 Å². The zero-order valence-corrected chi connectivity index (χ0v) is 12.9. The summed E-state index contributed by atoms with van der Waals surface area (Å²) in [6, 6.07) is 4.93. The predicted molar refractivity (Wildman–Crippen MR) is 79.3 cm³/mol. The number of sulfonamides is 1. The topological polar surface area (TPSA) is 89.8 Å².